The van der Waals surface area contributed by atoms with E-state index in [4.69, 9.17) is 5.73 Å². The number of nitrogen functional groups attached to an aromatic ring is 1. The Labute approximate surface area is 98.8 Å². The smallest absolute Gasteiger partial charge is 0.321 e. The molecule has 0 amide bonds. The van der Waals surface area contributed by atoms with Crippen molar-refractivity contribution in [2.24, 2.45) is 7.05 Å². The maximum absolute atomic E-state index is 11.7. The molecule has 8 nitrogen and oxygen atoms in total. The minimum absolute atomic E-state index is 0.121. The molecule has 0 radical (unpaired) electrons. The van der Waals surface area contributed by atoms with Crippen LogP contribution < -0.4 is 10.5 Å². The molecule has 1 heterocycles. The summed E-state index contributed by atoms with van der Waals surface area (Å²) in [5.74, 6) is -0.776. The molecule has 0 bridgehead atoms. The van der Waals surface area contributed by atoms with E-state index in [-0.39, 0.29) is 17.3 Å². The normalized spacial score (nSPS) is 11.4. The summed E-state index contributed by atoms with van der Waals surface area (Å²) >= 11 is 0. The van der Waals surface area contributed by atoms with E-state index >= 15 is 0 Å². The highest BCUT2D eigenvalue weighted by Gasteiger charge is 2.21. The lowest BCUT2D eigenvalue weighted by atomic mass is 10.7. The first-order valence-electron chi connectivity index (χ1n) is 4.81. The van der Waals surface area contributed by atoms with Crippen LogP contribution in [0.3, 0.4) is 0 Å². The van der Waals surface area contributed by atoms with Gasteiger partial charge in [0.15, 0.2) is 5.82 Å². The van der Waals surface area contributed by atoms with Gasteiger partial charge in [0.1, 0.15) is 11.4 Å². The van der Waals surface area contributed by atoms with E-state index in [0.29, 0.717) is 0 Å². The van der Waals surface area contributed by atoms with E-state index in [2.05, 4.69) is 14.6 Å². The number of hydrogen-bond donors (Lipinski definition) is 2. The number of carbonyl (C=O) groups excluding carboxylic acids is 1. The minimum Gasteiger partial charge on any atom is -0.465 e. The zero-order chi connectivity index (χ0) is 13.1. The van der Waals surface area contributed by atoms with Crippen molar-refractivity contribution in [3.05, 3.63) is 6.20 Å². The summed E-state index contributed by atoms with van der Waals surface area (Å²) in [6, 6.07) is 0. The fraction of sp³-hybridized carbons (Fsp3) is 0.500. The molecular formula is C8H14N4O4S. The third kappa shape index (κ3) is 3.43. The Kier molecular flexibility index (Phi) is 4.07. The third-order valence-electron chi connectivity index (χ3n) is 1.82. The van der Waals surface area contributed by atoms with Crippen molar-refractivity contribution in [2.75, 3.05) is 18.9 Å². The molecule has 0 aromatic carbocycles. The number of anilines is 1. The van der Waals surface area contributed by atoms with Crippen molar-refractivity contribution in [2.45, 2.75) is 11.8 Å². The monoisotopic (exact) mass is 262 g/mol. The zero-order valence-electron chi connectivity index (χ0n) is 9.50. The Morgan fingerprint density at radius 2 is 2.29 bits per heavy atom. The van der Waals surface area contributed by atoms with Crippen LogP contribution in [0.2, 0.25) is 0 Å². The number of ether oxygens (including phenoxy) is 1. The van der Waals surface area contributed by atoms with Gasteiger partial charge in [0.2, 0.25) is 10.0 Å². The van der Waals surface area contributed by atoms with Crippen LogP contribution in [0, 0.1) is 0 Å². The van der Waals surface area contributed by atoms with Crippen molar-refractivity contribution in [3.63, 3.8) is 0 Å². The van der Waals surface area contributed by atoms with Crippen molar-refractivity contribution in [1.82, 2.24) is 14.5 Å². The lowest BCUT2D eigenvalue weighted by Gasteiger charge is -2.04. The van der Waals surface area contributed by atoms with E-state index in [1.54, 1.807) is 14.0 Å². The van der Waals surface area contributed by atoms with Gasteiger partial charge in [-0.25, -0.2) is 8.42 Å². The number of carbonyl (C=O) groups is 1. The highest BCUT2D eigenvalue weighted by Crippen LogP contribution is 2.14. The Hall–Kier alpha value is -1.61. The second-order valence-corrected chi connectivity index (χ2v) is 4.92. The first-order chi connectivity index (χ1) is 7.86. The fourth-order valence-corrected chi connectivity index (χ4v) is 2.21. The van der Waals surface area contributed by atoms with Crippen LogP contribution >= 0.6 is 0 Å². The van der Waals surface area contributed by atoms with Gasteiger partial charge in [-0.15, -0.1) is 0 Å². The highest BCUT2D eigenvalue weighted by molar-refractivity contribution is 7.89. The van der Waals surface area contributed by atoms with Gasteiger partial charge >= 0.3 is 5.97 Å². The molecule has 0 aliphatic carbocycles. The van der Waals surface area contributed by atoms with Crippen LogP contribution in [0.25, 0.3) is 0 Å². The second kappa shape index (κ2) is 5.15. The molecule has 3 N–H and O–H groups in total. The molecule has 0 saturated heterocycles. The van der Waals surface area contributed by atoms with Gasteiger partial charge in [0.05, 0.1) is 6.61 Å². The molecular weight excluding hydrogens is 248 g/mol. The average molecular weight is 262 g/mol. The maximum Gasteiger partial charge on any atom is 0.321 e. The number of aryl methyl sites for hydroxylation is 1. The van der Waals surface area contributed by atoms with Gasteiger partial charge in [-0.3, -0.25) is 9.48 Å². The van der Waals surface area contributed by atoms with Crippen LogP contribution in [0.5, 0.6) is 0 Å². The molecule has 0 saturated carbocycles. The number of rotatable bonds is 5. The zero-order valence-corrected chi connectivity index (χ0v) is 10.3. The summed E-state index contributed by atoms with van der Waals surface area (Å²) in [6.45, 7) is 1.38. The minimum atomic E-state index is -3.84. The number of aromatic nitrogens is 2. The van der Waals surface area contributed by atoms with Crippen molar-refractivity contribution < 1.29 is 17.9 Å². The van der Waals surface area contributed by atoms with Crippen LogP contribution in [0.1, 0.15) is 6.92 Å². The molecule has 0 unspecified atom stereocenters. The van der Waals surface area contributed by atoms with Crippen LogP contribution in [0.15, 0.2) is 11.1 Å². The third-order valence-corrected chi connectivity index (χ3v) is 3.24. The molecule has 0 aliphatic heterocycles. The van der Waals surface area contributed by atoms with Crippen molar-refractivity contribution in [3.8, 4) is 0 Å². The highest BCUT2D eigenvalue weighted by atomic mass is 32.2. The maximum atomic E-state index is 11.7. The van der Waals surface area contributed by atoms with E-state index in [1.165, 1.54) is 10.9 Å². The lowest BCUT2D eigenvalue weighted by Crippen LogP contribution is -2.31. The van der Waals surface area contributed by atoms with Gasteiger partial charge in [-0.05, 0) is 6.92 Å². The molecule has 0 fully saturated rings. The number of hydrogen-bond acceptors (Lipinski definition) is 6. The summed E-state index contributed by atoms with van der Waals surface area (Å²) in [6.07, 6.45) is 1.25. The molecule has 9 heteroatoms. The molecule has 0 aliphatic rings. The standard InChI is InChI=1S/C8H14N4O4S/c1-3-16-7(13)4-10-17(14,15)6-5-12(2)11-8(6)9/h5,10H,3-4H2,1-2H3,(H2,9,11). The van der Waals surface area contributed by atoms with Crippen LogP contribution in [-0.4, -0.2) is 37.3 Å². The van der Waals surface area contributed by atoms with E-state index in [1.807, 2.05) is 0 Å². The Morgan fingerprint density at radius 1 is 1.65 bits per heavy atom. The Morgan fingerprint density at radius 3 is 2.76 bits per heavy atom. The number of nitrogens with two attached hydrogens (primary N) is 1. The average Bonchev–Trinajstić information content (AvgIpc) is 2.56. The topological polar surface area (TPSA) is 116 Å². The second-order valence-electron chi connectivity index (χ2n) is 3.18. The van der Waals surface area contributed by atoms with Gasteiger partial charge in [-0.1, -0.05) is 0 Å². The predicted molar refractivity (Wildman–Crippen MR) is 59.4 cm³/mol. The van der Waals surface area contributed by atoms with Gasteiger partial charge < -0.3 is 10.5 Å². The molecule has 1 rings (SSSR count). The molecule has 0 spiro atoms. The SMILES string of the molecule is CCOC(=O)CNS(=O)(=O)c1cn(C)nc1N. The van der Waals surface area contributed by atoms with Crippen LogP contribution in [-0.2, 0) is 26.6 Å². The molecule has 0 atom stereocenters. The lowest BCUT2D eigenvalue weighted by molar-refractivity contribution is -0.141. The molecule has 17 heavy (non-hydrogen) atoms. The molecule has 96 valence electrons. The van der Waals surface area contributed by atoms with Crippen molar-refractivity contribution >= 4 is 21.8 Å². The van der Waals surface area contributed by atoms with E-state index in [0.717, 1.165) is 0 Å². The van der Waals surface area contributed by atoms with E-state index < -0.39 is 22.5 Å². The Bertz CT molecular complexity index is 508. The fourth-order valence-electron chi connectivity index (χ4n) is 1.13. The Balaban J connectivity index is 2.76. The number of sulfonamides is 1. The quantitative estimate of drug-likeness (QED) is 0.647. The number of nitrogens with one attached hydrogen (secondary N) is 1. The summed E-state index contributed by atoms with van der Waals surface area (Å²) < 4.78 is 31.4. The summed E-state index contributed by atoms with van der Waals surface area (Å²) in [7, 11) is -2.30. The summed E-state index contributed by atoms with van der Waals surface area (Å²) in [4.78, 5) is 10.8. The summed E-state index contributed by atoms with van der Waals surface area (Å²) in [5.41, 5.74) is 5.43. The first-order valence-corrected chi connectivity index (χ1v) is 6.29. The number of nitrogens with zero attached hydrogens (tertiary/aromatic N) is 2. The van der Waals surface area contributed by atoms with E-state index in [9.17, 15) is 13.2 Å². The summed E-state index contributed by atoms with van der Waals surface area (Å²) in [5, 5.41) is 3.70. The van der Waals surface area contributed by atoms with Crippen molar-refractivity contribution in [1.29, 1.82) is 0 Å². The van der Waals surface area contributed by atoms with Gasteiger partial charge in [0.25, 0.3) is 0 Å². The predicted octanol–water partition coefficient (Wildman–Crippen LogP) is -1.16. The van der Waals surface area contributed by atoms with Gasteiger partial charge in [0, 0.05) is 13.2 Å². The number of esters is 1. The molecule has 1 aromatic rings. The molecule has 1 aromatic heterocycles. The first kappa shape index (κ1) is 13.5. The van der Waals surface area contributed by atoms with Gasteiger partial charge in [-0.2, -0.15) is 9.82 Å². The largest absolute Gasteiger partial charge is 0.465 e. The van der Waals surface area contributed by atoms with Crippen LogP contribution in [0.4, 0.5) is 5.82 Å².